The molecule has 0 radical (unpaired) electrons. The Morgan fingerprint density at radius 2 is 1.63 bits per heavy atom. The van der Waals surface area contributed by atoms with Crippen molar-refractivity contribution in [3.63, 3.8) is 0 Å². The number of sulfonamides is 1. The predicted octanol–water partition coefficient (Wildman–Crippen LogP) is 4.46. The molecule has 6 nitrogen and oxygen atoms in total. The van der Waals surface area contributed by atoms with E-state index in [0.29, 0.717) is 16.9 Å². The highest BCUT2D eigenvalue weighted by Crippen LogP contribution is 2.31. The number of carbonyl (C=O) groups is 1. The van der Waals surface area contributed by atoms with Crippen LogP contribution in [0, 0.1) is 0 Å². The lowest BCUT2D eigenvalue weighted by Crippen LogP contribution is -2.24. The molecule has 1 aromatic heterocycles. The quantitative estimate of drug-likeness (QED) is 0.517. The summed E-state index contributed by atoms with van der Waals surface area (Å²) in [5.41, 5.74) is 3.97. The maximum atomic E-state index is 12.7. The van der Waals surface area contributed by atoms with Gasteiger partial charge in [0.15, 0.2) is 0 Å². The van der Waals surface area contributed by atoms with Crippen molar-refractivity contribution in [1.29, 1.82) is 0 Å². The second kappa shape index (κ2) is 7.50. The standard InChI is InChI=1S/C23H23N3O3S/c1-4-26-21-8-6-5-7-19(21)20-15-17(11-14-22(20)26)24-23(27)16-9-12-18(13-10-16)25(2)30(3,28)29/h5-15H,4H2,1-3H3,(H,24,27). The van der Waals surface area contributed by atoms with Gasteiger partial charge >= 0.3 is 0 Å². The summed E-state index contributed by atoms with van der Waals surface area (Å²) in [6, 6.07) is 20.6. The number of amides is 1. The topological polar surface area (TPSA) is 71.4 Å². The minimum atomic E-state index is -3.35. The van der Waals surface area contributed by atoms with E-state index in [2.05, 4.69) is 28.9 Å². The Hall–Kier alpha value is -3.32. The fourth-order valence-electron chi connectivity index (χ4n) is 3.69. The van der Waals surface area contributed by atoms with E-state index in [-0.39, 0.29) is 5.91 Å². The predicted molar refractivity (Wildman–Crippen MR) is 123 cm³/mol. The molecular formula is C23H23N3O3S. The molecule has 1 heterocycles. The Morgan fingerprint density at radius 1 is 0.967 bits per heavy atom. The van der Waals surface area contributed by atoms with Crippen molar-refractivity contribution < 1.29 is 13.2 Å². The molecule has 0 spiro atoms. The zero-order valence-corrected chi connectivity index (χ0v) is 17.9. The molecule has 0 saturated carbocycles. The first-order chi connectivity index (χ1) is 14.3. The minimum Gasteiger partial charge on any atom is -0.341 e. The number of carbonyl (C=O) groups excluding carboxylic acids is 1. The van der Waals surface area contributed by atoms with Gasteiger partial charge in [-0.15, -0.1) is 0 Å². The van der Waals surface area contributed by atoms with Crippen molar-refractivity contribution in [3.8, 4) is 0 Å². The van der Waals surface area contributed by atoms with Gasteiger partial charge in [0.25, 0.3) is 5.91 Å². The monoisotopic (exact) mass is 421 g/mol. The molecule has 4 aromatic rings. The molecule has 0 fully saturated rings. The summed E-state index contributed by atoms with van der Waals surface area (Å²) >= 11 is 0. The van der Waals surface area contributed by atoms with Gasteiger partial charge in [-0.05, 0) is 55.5 Å². The molecule has 3 aromatic carbocycles. The fraction of sp³-hybridized carbons (Fsp3) is 0.174. The molecule has 154 valence electrons. The second-order valence-electron chi connectivity index (χ2n) is 7.22. The van der Waals surface area contributed by atoms with E-state index in [4.69, 9.17) is 0 Å². The largest absolute Gasteiger partial charge is 0.341 e. The lowest BCUT2D eigenvalue weighted by atomic mass is 10.1. The number of aryl methyl sites for hydroxylation is 1. The third-order valence-electron chi connectivity index (χ3n) is 5.34. The minimum absolute atomic E-state index is 0.248. The number of hydrogen-bond donors (Lipinski definition) is 1. The van der Waals surface area contributed by atoms with Crippen LogP contribution in [0.1, 0.15) is 17.3 Å². The summed E-state index contributed by atoms with van der Waals surface area (Å²) in [5.74, 6) is -0.248. The van der Waals surface area contributed by atoms with Gasteiger partial charge in [0.05, 0.1) is 11.9 Å². The summed E-state index contributed by atoms with van der Waals surface area (Å²) in [7, 11) is -1.87. The lowest BCUT2D eigenvalue weighted by Gasteiger charge is -2.16. The van der Waals surface area contributed by atoms with Gasteiger partial charge in [0.1, 0.15) is 0 Å². The van der Waals surface area contributed by atoms with Gasteiger partial charge in [-0.2, -0.15) is 0 Å². The van der Waals surface area contributed by atoms with Gasteiger partial charge in [-0.25, -0.2) is 8.42 Å². The highest BCUT2D eigenvalue weighted by atomic mass is 32.2. The SMILES string of the molecule is CCn1c2ccccc2c2cc(NC(=O)c3ccc(N(C)S(C)(=O)=O)cc3)ccc21. The Labute approximate surface area is 175 Å². The summed E-state index contributed by atoms with van der Waals surface area (Å²) in [6.45, 7) is 2.98. The van der Waals surface area contributed by atoms with Gasteiger partial charge in [-0.3, -0.25) is 9.10 Å². The van der Waals surface area contributed by atoms with Crippen LogP contribution in [0.3, 0.4) is 0 Å². The summed E-state index contributed by atoms with van der Waals surface area (Å²) < 4.78 is 26.8. The van der Waals surface area contributed by atoms with E-state index in [9.17, 15) is 13.2 Å². The number of para-hydroxylation sites is 1. The molecule has 0 atom stereocenters. The molecule has 0 unspecified atom stereocenters. The van der Waals surface area contributed by atoms with Crippen LogP contribution in [0.25, 0.3) is 21.8 Å². The van der Waals surface area contributed by atoms with Crippen LogP contribution >= 0.6 is 0 Å². The number of nitrogens with one attached hydrogen (secondary N) is 1. The maximum Gasteiger partial charge on any atom is 0.255 e. The van der Waals surface area contributed by atoms with Crippen LogP contribution in [0.2, 0.25) is 0 Å². The summed E-state index contributed by atoms with van der Waals surface area (Å²) in [6.07, 6.45) is 1.14. The van der Waals surface area contributed by atoms with Gasteiger partial charge in [-0.1, -0.05) is 18.2 Å². The van der Waals surface area contributed by atoms with Crippen molar-refractivity contribution in [3.05, 3.63) is 72.3 Å². The van der Waals surface area contributed by atoms with E-state index in [1.54, 1.807) is 24.3 Å². The number of anilines is 2. The molecule has 0 aliphatic rings. The third kappa shape index (κ3) is 3.52. The van der Waals surface area contributed by atoms with Crippen LogP contribution in [0.5, 0.6) is 0 Å². The number of fused-ring (bicyclic) bond motifs is 3. The van der Waals surface area contributed by atoms with Crippen LogP contribution in [0.15, 0.2) is 66.7 Å². The summed E-state index contributed by atoms with van der Waals surface area (Å²) in [4.78, 5) is 12.7. The Kier molecular flexibility index (Phi) is 4.99. The number of aromatic nitrogens is 1. The first-order valence-corrected chi connectivity index (χ1v) is 11.5. The zero-order valence-electron chi connectivity index (χ0n) is 17.1. The van der Waals surface area contributed by atoms with Crippen LogP contribution in [-0.4, -0.2) is 32.2 Å². The Balaban J connectivity index is 1.63. The molecule has 0 saturated heterocycles. The highest BCUT2D eigenvalue weighted by molar-refractivity contribution is 7.92. The van der Waals surface area contributed by atoms with E-state index in [1.807, 2.05) is 30.3 Å². The molecule has 1 amide bonds. The van der Waals surface area contributed by atoms with Crippen molar-refractivity contribution in [2.75, 3.05) is 22.9 Å². The zero-order chi connectivity index (χ0) is 21.5. The molecule has 0 bridgehead atoms. The van der Waals surface area contributed by atoms with Crippen LogP contribution in [0.4, 0.5) is 11.4 Å². The highest BCUT2D eigenvalue weighted by Gasteiger charge is 2.14. The fourth-order valence-corrected chi connectivity index (χ4v) is 4.19. The van der Waals surface area contributed by atoms with Crippen LogP contribution in [-0.2, 0) is 16.6 Å². The first kappa shape index (κ1) is 20.0. The van der Waals surface area contributed by atoms with E-state index < -0.39 is 10.0 Å². The Morgan fingerprint density at radius 3 is 2.30 bits per heavy atom. The smallest absolute Gasteiger partial charge is 0.255 e. The number of rotatable bonds is 5. The molecular weight excluding hydrogens is 398 g/mol. The summed E-state index contributed by atoms with van der Waals surface area (Å²) in [5, 5.41) is 5.19. The normalized spacial score (nSPS) is 11.7. The van der Waals surface area contributed by atoms with E-state index >= 15 is 0 Å². The Bertz CT molecular complexity index is 1360. The number of hydrogen-bond acceptors (Lipinski definition) is 3. The van der Waals surface area contributed by atoms with Crippen molar-refractivity contribution >= 4 is 49.1 Å². The van der Waals surface area contributed by atoms with Crippen LogP contribution < -0.4 is 9.62 Å². The molecule has 0 aliphatic carbocycles. The average Bonchev–Trinajstić information content (AvgIpc) is 3.05. The first-order valence-electron chi connectivity index (χ1n) is 9.66. The molecule has 30 heavy (non-hydrogen) atoms. The van der Waals surface area contributed by atoms with E-state index in [1.165, 1.54) is 16.9 Å². The number of nitrogens with zero attached hydrogens (tertiary/aromatic N) is 2. The molecule has 7 heteroatoms. The number of benzene rings is 3. The molecule has 4 rings (SSSR count). The molecule has 1 N–H and O–H groups in total. The lowest BCUT2D eigenvalue weighted by molar-refractivity contribution is 0.102. The van der Waals surface area contributed by atoms with Crippen molar-refractivity contribution in [1.82, 2.24) is 4.57 Å². The van der Waals surface area contributed by atoms with E-state index in [0.717, 1.165) is 29.1 Å². The van der Waals surface area contributed by atoms with Gasteiger partial charge < -0.3 is 9.88 Å². The third-order valence-corrected chi connectivity index (χ3v) is 6.54. The maximum absolute atomic E-state index is 12.7. The average molecular weight is 422 g/mol. The van der Waals surface area contributed by atoms with Gasteiger partial charge in [0.2, 0.25) is 10.0 Å². The molecule has 0 aliphatic heterocycles. The van der Waals surface area contributed by atoms with Gasteiger partial charge in [0, 0.05) is 46.6 Å². The van der Waals surface area contributed by atoms with Crippen molar-refractivity contribution in [2.45, 2.75) is 13.5 Å². The second-order valence-corrected chi connectivity index (χ2v) is 9.24. The van der Waals surface area contributed by atoms with Crippen molar-refractivity contribution in [2.24, 2.45) is 0 Å².